The average molecular weight is 507 g/mol. The summed E-state index contributed by atoms with van der Waals surface area (Å²) >= 11 is 3.47. The SMILES string of the molecule is CC(C)(C)OOC(=O)c1ccccc1.O=C1Nc2ccc(Br)c(OCC3CCN3)c2CO1. The van der Waals surface area contributed by atoms with E-state index < -0.39 is 17.7 Å². The fourth-order valence-electron chi connectivity index (χ4n) is 2.76. The number of fused-ring (bicyclic) bond motifs is 1. The highest BCUT2D eigenvalue weighted by atomic mass is 79.9. The van der Waals surface area contributed by atoms with Gasteiger partial charge in [-0.25, -0.2) is 9.59 Å². The van der Waals surface area contributed by atoms with Crippen molar-refractivity contribution < 1.29 is 28.8 Å². The number of hydrogen-bond acceptors (Lipinski definition) is 7. The van der Waals surface area contributed by atoms with Gasteiger partial charge < -0.3 is 14.8 Å². The van der Waals surface area contributed by atoms with E-state index >= 15 is 0 Å². The molecular weight excluding hydrogens is 480 g/mol. The molecule has 2 N–H and O–H groups in total. The molecule has 1 atom stereocenters. The van der Waals surface area contributed by atoms with Crippen molar-refractivity contribution in [1.82, 2.24) is 5.32 Å². The third-order valence-corrected chi connectivity index (χ3v) is 5.15. The van der Waals surface area contributed by atoms with Crippen LogP contribution in [0.3, 0.4) is 0 Å². The number of amides is 1. The van der Waals surface area contributed by atoms with Gasteiger partial charge in [0.1, 0.15) is 24.6 Å². The van der Waals surface area contributed by atoms with Gasteiger partial charge in [0, 0.05) is 6.04 Å². The van der Waals surface area contributed by atoms with Crippen LogP contribution in [0.2, 0.25) is 0 Å². The molecule has 9 heteroatoms. The lowest BCUT2D eigenvalue weighted by atomic mass is 10.1. The molecule has 172 valence electrons. The third-order valence-electron chi connectivity index (χ3n) is 4.53. The first-order valence-electron chi connectivity index (χ1n) is 10.3. The molecule has 1 fully saturated rings. The van der Waals surface area contributed by atoms with Crippen molar-refractivity contribution >= 4 is 33.7 Å². The number of cyclic esters (lactones) is 1. The fourth-order valence-corrected chi connectivity index (χ4v) is 3.25. The summed E-state index contributed by atoms with van der Waals surface area (Å²) in [5.41, 5.74) is 1.64. The Morgan fingerprint density at radius 3 is 2.53 bits per heavy atom. The number of rotatable bonds is 5. The van der Waals surface area contributed by atoms with Gasteiger partial charge in [-0.05, 0) is 73.9 Å². The molecule has 0 bridgehead atoms. The molecule has 0 saturated carbocycles. The predicted molar refractivity (Wildman–Crippen MR) is 123 cm³/mol. The maximum atomic E-state index is 11.3. The minimum Gasteiger partial charge on any atom is -0.490 e. The zero-order valence-corrected chi connectivity index (χ0v) is 19.9. The Bertz CT molecular complexity index is 941. The van der Waals surface area contributed by atoms with Gasteiger partial charge in [0.15, 0.2) is 0 Å². The summed E-state index contributed by atoms with van der Waals surface area (Å²) < 4.78 is 11.7. The molecule has 0 spiro atoms. The maximum Gasteiger partial charge on any atom is 0.411 e. The number of ether oxygens (including phenoxy) is 2. The van der Waals surface area contributed by atoms with Crippen LogP contribution in [0.25, 0.3) is 0 Å². The van der Waals surface area contributed by atoms with E-state index in [1.165, 1.54) is 0 Å². The number of anilines is 1. The lowest BCUT2D eigenvalue weighted by molar-refractivity contribution is -0.301. The van der Waals surface area contributed by atoms with Crippen LogP contribution in [-0.2, 0) is 21.1 Å². The van der Waals surface area contributed by atoms with E-state index in [-0.39, 0.29) is 6.61 Å². The van der Waals surface area contributed by atoms with Crippen molar-refractivity contribution in [3.8, 4) is 5.75 Å². The summed E-state index contributed by atoms with van der Waals surface area (Å²) in [5, 5.41) is 5.95. The topological polar surface area (TPSA) is 95.1 Å². The van der Waals surface area contributed by atoms with Crippen LogP contribution in [0, 0.1) is 0 Å². The zero-order valence-electron chi connectivity index (χ0n) is 18.3. The van der Waals surface area contributed by atoms with Crippen LogP contribution >= 0.6 is 15.9 Å². The number of benzene rings is 2. The van der Waals surface area contributed by atoms with E-state index in [4.69, 9.17) is 14.4 Å². The predicted octanol–water partition coefficient (Wildman–Crippen LogP) is 4.83. The first kappa shape index (κ1) is 24.0. The Morgan fingerprint density at radius 2 is 1.91 bits per heavy atom. The lowest BCUT2D eigenvalue weighted by Crippen LogP contribution is -2.46. The lowest BCUT2D eigenvalue weighted by Gasteiger charge is -2.28. The van der Waals surface area contributed by atoms with Crippen LogP contribution < -0.4 is 15.4 Å². The summed E-state index contributed by atoms with van der Waals surface area (Å²) in [7, 11) is 0. The van der Waals surface area contributed by atoms with Gasteiger partial charge in [-0.3, -0.25) is 10.2 Å². The minimum absolute atomic E-state index is 0.244. The average Bonchev–Trinajstić information content (AvgIpc) is 2.73. The smallest absolute Gasteiger partial charge is 0.411 e. The van der Waals surface area contributed by atoms with Crippen molar-refractivity contribution in [1.29, 1.82) is 0 Å². The largest absolute Gasteiger partial charge is 0.490 e. The molecule has 4 rings (SSSR count). The highest BCUT2D eigenvalue weighted by Gasteiger charge is 2.23. The van der Waals surface area contributed by atoms with E-state index in [1.54, 1.807) is 24.3 Å². The molecule has 1 saturated heterocycles. The molecular formula is C23H27BrN2O6. The van der Waals surface area contributed by atoms with E-state index in [1.807, 2.05) is 39.0 Å². The molecule has 2 heterocycles. The molecule has 0 aromatic heterocycles. The Morgan fingerprint density at radius 1 is 1.19 bits per heavy atom. The van der Waals surface area contributed by atoms with Crippen LogP contribution in [0.5, 0.6) is 5.75 Å². The number of carbonyl (C=O) groups excluding carboxylic acids is 2. The van der Waals surface area contributed by atoms with Crippen molar-refractivity contribution in [2.24, 2.45) is 0 Å². The third kappa shape index (κ3) is 6.94. The van der Waals surface area contributed by atoms with Crippen LogP contribution in [0.15, 0.2) is 46.9 Å². The molecule has 2 aliphatic rings. The van der Waals surface area contributed by atoms with E-state index in [9.17, 15) is 9.59 Å². The van der Waals surface area contributed by atoms with Crippen LogP contribution in [-0.4, -0.2) is 36.9 Å². The highest BCUT2D eigenvalue weighted by molar-refractivity contribution is 9.10. The molecule has 2 aromatic rings. The maximum absolute atomic E-state index is 11.3. The normalized spacial score (nSPS) is 16.9. The van der Waals surface area contributed by atoms with Crippen molar-refractivity contribution in [2.45, 2.75) is 45.4 Å². The first-order chi connectivity index (χ1) is 15.2. The van der Waals surface area contributed by atoms with E-state index in [0.717, 1.165) is 34.4 Å². The van der Waals surface area contributed by atoms with Gasteiger partial charge in [-0.2, -0.15) is 4.89 Å². The molecule has 1 amide bonds. The van der Waals surface area contributed by atoms with Gasteiger partial charge in [0.25, 0.3) is 0 Å². The molecule has 8 nitrogen and oxygen atoms in total. The standard InChI is InChI=1S/C12H13BrN2O3.C11H14O3/c13-9-1-2-10-8(6-18-12(16)15-10)11(9)17-5-7-3-4-14-7;1-11(2,3)14-13-10(12)9-7-5-4-6-8-9/h1-2,7,14H,3-6H2,(H,15,16);4-8H,1-3H3. The number of carbonyl (C=O) groups is 2. The zero-order chi connectivity index (χ0) is 23.1. The fraction of sp³-hybridized carbons (Fsp3) is 0.391. The molecule has 0 radical (unpaired) electrons. The molecule has 32 heavy (non-hydrogen) atoms. The first-order valence-corrected chi connectivity index (χ1v) is 11.1. The second kappa shape index (κ2) is 10.8. The van der Waals surface area contributed by atoms with Gasteiger partial charge >= 0.3 is 12.1 Å². The van der Waals surface area contributed by atoms with Gasteiger partial charge in [0.2, 0.25) is 0 Å². The summed E-state index contributed by atoms with van der Waals surface area (Å²) in [4.78, 5) is 32.0. The molecule has 2 aromatic carbocycles. The second-order valence-electron chi connectivity index (χ2n) is 8.29. The quantitative estimate of drug-likeness (QED) is 0.443. The van der Waals surface area contributed by atoms with Gasteiger partial charge in [0.05, 0.1) is 21.3 Å². The number of halogens is 1. The highest BCUT2D eigenvalue weighted by Crippen LogP contribution is 2.37. The van der Waals surface area contributed by atoms with E-state index in [2.05, 4.69) is 31.5 Å². The van der Waals surface area contributed by atoms with Crippen LogP contribution in [0.4, 0.5) is 10.5 Å². The van der Waals surface area contributed by atoms with Crippen LogP contribution in [0.1, 0.15) is 43.1 Å². The summed E-state index contributed by atoms with van der Waals surface area (Å²) in [6.45, 7) is 7.36. The van der Waals surface area contributed by atoms with Crippen molar-refractivity contribution in [3.05, 3.63) is 58.1 Å². The van der Waals surface area contributed by atoms with Crippen molar-refractivity contribution in [2.75, 3.05) is 18.5 Å². The number of hydrogen-bond donors (Lipinski definition) is 2. The number of nitrogens with one attached hydrogen (secondary N) is 2. The molecule has 2 aliphatic heterocycles. The van der Waals surface area contributed by atoms with E-state index in [0.29, 0.717) is 18.2 Å². The molecule has 0 aliphatic carbocycles. The Balaban J connectivity index is 0.000000188. The molecule has 1 unspecified atom stereocenters. The Hall–Kier alpha value is -2.62. The monoisotopic (exact) mass is 506 g/mol. The summed E-state index contributed by atoms with van der Waals surface area (Å²) in [6.07, 6.45) is 0.719. The second-order valence-corrected chi connectivity index (χ2v) is 9.14. The minimum atomic E-state index is -0.482. The Labute approximate surface area is 195 Å². The van der Waals surface area contributed by atoms with Crippen molar-refractivity contribution in [3.63, 3.8) is 0 Å². The Kier molecular flexibility index (Phi) is 8.11. The van der Waals surface area contributed by atoms with Gasteiger partial charge in [-0.15, -0.1) is 0 Å². The summed E-state index contributed by atoms with van der Waals surface area (Å²) in [5.74, 6) is 0.279. The summed E-state index contributed by atoms with van der Waals surface area (Å²) in [6, 6.07) is 12.9. The van der Waals surface area contributed by atoms with Gasteiger partial charge in [-0.1, -0.05) is 18.2 Å².